The molecule has 6 nitrogen and oxygen atoms in total. The van der Waals surface area contributed by atoms with E-state index in [-0.39, 0.29) is 10.7 Å². The number of amides is 3. The summed E-state index contributed by atoms with van der Waals surface area (Å²) in [6.45, 7) is 3.36. The number of para-hydroxylation sites is 1. The molecule has 2 heterocycles. The van der Waals surface area contributed by atoms with Gasteiger partial charge in [-0.3, -0.25) is 19.3 Å². The van der Waals surface area contributed by atoms with Crippen LogP contribution in [0.5, 0.6) is 0 Å². The van der Waals surface area contributed by atoms with Gasteiger partial charge in [0.25, 0.3) is 11.1 Å². The molecule has 1 fully saturated rings. The Labute approximate surface area is 199 Å². The number of thioether (sulfide) groups is 1. The normalized spacial score (nSPS) is 14.9. The van der Waals surface area contributed by atoms with Crippen molar-refractivity contribution in [2.24, 2.45) is 0 Å². The number of hydrogen-bond donors (Lipinski definition) is 1. The fourth-order valence-corrected chi connectivity index (χ4v) is 4.61. The van der Waals surface area contributed by atoms with Gasteiger partial charge < -0.3 is 9.88 Å². The minimum atomic E-state index is -0.536. The van der Waals surface area contributed by atoms with Crippen molar-refractivity contribution < 1.29 is 18.8 Å². The maximum Gasteiger partial charge on any atom is 0.294 e. The lowest BCUT2D eigenvalue weighted by atomic mass is 10.2. The van der Waals surface area contributed by atoms with Crippen LogP contribution in [0.15, 0.2) is 59.5 Å². The molecule has 1 saturated heterocycles. The van der Waals surface area contributed by atoms with E-state index in [2.05, 4.69) is 5.32 Å². The molecule has 4 rings (SSSR count). The smallest absolute Gasteiger partial charge is 0.294 e. The van der Waals surface area contributed by atoms with Crippen molar-refractivity contribution in [1.29, 1.82) is 0 Å². The Kier molecular flexibility index (Phi) is 6.40. The molecule has 1 N–H and O–H groups in total. The SMILES string of the molecule is Cc1cc(/C=C2/SC(=O)N(CC(=O)Nc3ccccc3Cl)C2=O)c(C)n1-c1ccc(F)cc1. The summed E-state index contributed by atoms with van der Waals surface area (Å²) < 4.78 is 15.2. The molecule has 0 atom stereocenters. The molecule has 0 aliphatic carbocycles. The molecule has 1 aromatic heterocycles. The molecule has 0 bridgehead atoms. The lowest BCUT2D eigenvalue weighted by Crippen LogP contribution is -2.36. The summed E-state index contributed by atoms with van der Waals surface area (Å²) in [7, 11) is 0. The first-order valence-corrected chi connectivity index (χ1v) is 11.2. The van der Waals surface area contributed by atoms with E-state index in [1.54, 1.807) is 42.5 Å². The van der Waals surface area contributed by atoms with Crippen molar-refractivity contribution in [2.75, 3.05) is 11.9 Å². The van der Waals surface area contributed by atoms with Gasteiger partial charge in [-0.05, 0) is 79.7 Å². The summed E-state index contributed by atoms with van der Waals surface area (Å²) in [5.74, 6) is -1.39. The average Bonchev–Trinajstić information content (AvgIpc) is 3.20. The predicted molar refractivity (Wildman–Crippen MR) is 128 cm³/mol. The third-order valence-corrected chi connectivity index (χ3v) is 6.40. The minimum Gasteiger partial charge on any atom is -0.323 e. The molecule has 0 saturated carbocycles. The van der Waals surface area contributed by atoms with Gasteiger partial charge in [-0.2, -0.15) is 0 Å². The second kappa shape index (κ2) is 9.25. The van der Waals surface area contributed by atoms with E-state index < -0.39 is 23.6 Å². The van der Waals surface area contributed by atoms with Crippen LogP contribution < -0.4 is 5.32 Å². The van der Waals surface area contributed by atoms with Crippen LogP contribution >= 0.6 is 23.4 Å². The molecule has 3 aromatic rings. The monoisotopic (exact) mass is 483 g/mol. The molecule has 9 heteroatoms. The number of benzene rings is 2. The number of aromatic nitrogens is 1. The summed E-state index contributed by atoms with van der Waals surface area (Å²) >= 11 is 6.82. The molecule has 33 heavy (non-hydrogen) atoms. The fraction of sp³-hybridized carbons (Fsp3) is 0.125. The third-order valence-electron chi connectivity index (χ3n) is 5.16. The summed E-state index contributed by atoms with van der Waals surface area (Å²) in [6.07, 6.45) is 1.64. The van der Waals surface area contributed by atoms with Gasteiger partial charge in [-0.25, -0.2) is 4.39 Å². The highest BCUT2D eigenvalue weighted by molar-refractivity contribution is 8.18. The molecular formula is C24H19ClFN3O3S. The van der Waals surface area contributed by atoms with Crippen LogP contribution in [0.1, 0.15) is 17.0 Å². The molecule has 0 radical (unpaired) electrons. The second-order valence-corrected chi connectivity index (χ2v) is 8.83. The topological polar surface area (TPSA) is 71.4 Å². The Hall–Kier alpha value is -3.36. The van der Waals surface area contributed by atoms with E-state index in [1.165, 1.54) is 12.1 Å². The van der Waals surface area contributed by atoms with Gasteiger partial charge >= 0.3 is 0 Å². The lowest BCUT2D eigenvalue weighted by Gasteiger charge is -2.13. The first kappa shape index (κ1) is 22.8. The first-order valence-electron chi connectivity index (χ1n) is 9.99. The number of anilines is 1. The molecule has 1 aliphatic rings. The number of aryl methyl sites for hydroxylation is 1. The highest BCUT2D eigenvalue weighted by Gasteiger charge is 2.36. The highest BCUT2D eigenvalue weighted by Crippen LogP contribution is 2.34. The minimum absolute atomic E-state index is 0.227. The average molecular weight is 484 g/mol. The number of nitrogens with zero attached hydrogens (tertiary/aromatic N) is 2. The second-order valence-electron chi connectivity index (χ2n) is 7.43. The number of rotatable bonds is 5. The first-order chi connectivity index (χ1) is 15.7. The van der Waals surface area contributed by atoms with Crippen molar-refractivity contribution in [3.63, 3.8) is 0 Å². The van der Waals surface area contributed by atoms with Crippen LogP contribution in [0.2, 0.25) is 5.02 Å². The summed E-state index contributed by atoms with van der Waals surface area (Å²) in [4.78, 5) is 38.8. The zero-order valence-electron chi connectivity index (χ0n) is 17.8. The molecule has 3 amide bonds. The maximum absolute atomic E-state index is 13.3. The number of nitrogens with one attached hydrogen (secondary N) is 1. The van der Waals surface area contributed by atoms with Crippen molar-refractivity contribution in [3.8, 4) is 5.69 Å². The van der Waals surface area contributed by atoms with Gasteiger partial charge in [0.1, 0.15) is 12.4 Å². The molecule has 0 unspecified atom stereocenters. The van der Waals surface area contributed by atoms with Gasteiger partial charge in [-0.1, -0.05) is 23.7 Å². The van der Waals surface area contributed by atoms with Crippen LogP contribution in [0.25, 0.3) is 11.8 Å². The van der Waals surface area contributed by atoms with Crippen LogP contribution in [0, 0.1) is 19.7 Å². The van der Waals surface area contributed by atoms with Crippen LogP contribution in [-0.2, 0) is 9.59 Å². The van der Waals surface area contributed by atoms with Gasteiger partial charge in [0.2, 0.25) is 5.91 Å². The van der Waals surface area contributed by atoms with Crippen molar-refractivity contribution in [3.05, 3.63) is 87.3 Å². The maximum atomic E-state index is 13.3. The van der Waals surface area contributed by atoms with Crippen molar-refractivity contribution in [1.82, 2.24) is 9.47 Å². The molecule has 168 valence electrons. The van der Waals surface area contributed by atoms with Crippen LogP contribution in [0.3, 0.4) is 0 Å². The number of carbonyl (C=O) groups excluding carboxylic acids is 3. The van der Waals surface area contributed by atoms with E-state index in [9.17, 15) is 18.8 Å². The number of carbonyl (C=O) groups is 3. The molecule has 2 aromatic carbocycles. The van der Waals surface area contributed by atoms with Gasteiger partial charge in [0, 0.05) is 17.1 Å². The highest BCUT2D eigenvalue weighted by atomic mass is 35.5. The molecule has 1 aliphatic heterocycles. The quantitative estimate of drug-likeness (QED) is 0.482. The van der Waals surface area contributed by atoms with Gasteiger partial charge in [0.05, 0.1) is 15.6 Å². The Morgan fingerprint density at radius 2 is 1.82 bits per heavy atom. The standard InChI is InChI=1S/C24H19ClFN3O3S/c1-14-11-16(15(2)29(14)18-9-7-17(26)8-10-18)12-21-23(31)28(24(32)33-21)13-22(30)27-20-6-4-3-5-19(20)25/h3-12H,13H2,1-2H3,(H,27,30)/b21-12+. The Balaban J connectivity index is 1.53. The molecular weight excluding hydrogens is 465 g/mol. The summed E-state index contributed by atoms with van der Waals surface area (Å²) in [5.41, 5.74) is 3.67. The molecule has 0 spiro atoms. The number of imide groups is 1. The zero-order valence-corrected chi connectivity index (χ0v) is 19.3. The van der Waals surface area contributed by atoms with Crippen LogP contribution in [0.4, 0.5) is 14.9 Å². The largest absolute Gasteiger partial charge is 0.323 e. The van der Waals surface area contributed by atoms with Crippen molar-refractivity contribution >= 4 is 52.2 Å². The Bertz CT molecular complexity index is 1300. The summed E-state index contributed by atoms with van der Waals surface area (Å²) in [5, 5.41) is 2.45. The fourth-order valence-electron chi connectivity index (χ4n) is 3.59. The summed E-state index contributed by atoms with van der Waals surface area (Å²) in [6, 6.07) is 14.7. The van der Waals surface area contributed by atoms with Crippen molar-refractivity contribution in [2.45, 2.75) is 13.8 Å². The number of hydrogen-bond acceptors (Lipinski definition) is 4. The van der Waals surface area contributed by atoms with Crippen LogP contribution in [-0.4, -0.2) is 33.1 Å². The Morgan fingerprint density at radius 1 is 1.12 bits per heavy atom. The van der Waals surface area contributed by atoms with E-state index in [1.807, 2.05) is 24.5 Å². The van der Waals surface area contributed by atoms with E-state index in [0.717, 1.165) is 39.3 Å². The van der Waals surface area contributed by atoms with Gasteiger partial charge in [0.15, 0.2) is 0 Å². The lowest BCUT2D eigenvalue weighted by molar-refractivity contribution is -0.127. The van der Waals surface area contributed by atoms with Gasteiger partial charge in [-0.15, -0.1) is 0 Å². The zero-order chi connectivity index (χ0) is 23.7. The number of halogens is 2. The Morgan fingerprint density at radius 3 is 2.52 bits per heavy atom. The predicted octanol–water partition coefficient (Wildman–Crippen LogP) is 5.56. The van der Waals surface area contributed by atoms with E-state index >= 15 is 0 Å². The third kappa shape index (κ3) is 4.72. The van der Waals surface area contributed by atoms with E-state index in [0.29, 0.717) is 10.7 Å². The van der Waals surface area contributed by atoms with E-state index in [4.69, 9.17) is 11.6 Å².